The Kier molecular flexibility index (Phi) is 7.14. The summed E-state index contributed by atoms with van der Waals surface area (Å²) < 4.78 is 13.7. The molecular formula is C20H23FN2O2. The summed E-state index contributed by atoms with van der Waals surface area (Å²) >= 11 is 0. The van der Waals surface area contributed by atoms with Gasteiger partial charge < -0.3 is 10.2 Å². The minimum atomic E-state index is -0.333. The molecule has 2 aromatic rings. The molecule has 0 spiro atoms. The van der Waals surface area contributed by atoms with Crippen molar-refractivity contribution in [2.24, 2.45) is 0 Å². The van der Waals surface area contributed by atoms with E-state index in [0.29, 0.717) is 31.5 Å². The van der Waals surface area contributed by atoms with Crippen LogP contribution in [0.15, 0.2) is 54.6 Å². The summed E-state index contributed by atoms with van der Waals surface area (Å²) in [5, 5.41) is 2.81. The predicted octanol–water partition coefficient (Wildman–Crippen LogP) is 2.92. The zero-order valence-corrected chi connectivity index (χ0v) is 14.4. The SMILES string of the molecule is CC(=O)N(CCNC(=O)CCc1ccccc1)Cc1ccccc1F. The molecule has 0 bridgehead atoms. The highest BCUT2D eigenvalue weighted by Gasteiger charge is 2.12. The van der Waals surface area contributed by atoms with Crippen LogP contribution in [0.4, 0.5) is 4.39 Å². The number of hydrogen-bond donors (Lipinski definition) is 1. The summed E-state index contributed by atoms with van der Waals surface area (Å²) in [4.78, 5) is 25.2. The van der Waals surface area contributed by atoms with Crippen LogP contribution in [0, 0.1) is 5.82 Å². The largest absolute Gasteiger partial charge is 0.354 e. The molecule has 4 nitrogen and oxygen atoms in total. The number of amides is 2. The number of nitrogens with zero attached hydrogens (tertiary/aromatic N) is 1. The molecule has 2 amide bonds. The maximum atomic E-state index is 13.7. The van der Waals surface area contributed by atoms with Crippen molar-refractivity contribution in [2.45, 2.75) is 26.3 Å². The standard InChI is InChI=1S/C20H23FN2O2/c1-16(24)23(15-18-9-5-6-10-19(18)21)14-13-22-20(25)12-11-17-7-3-2-4-8-17/h2-10H,11-15H2,1H3,(H,22,25). The maximum Gasteiger partial charge on any atom is 0.220 e. The van der Waals surface area contributed by atoms with Gasteiger partial charge in [-0.3, -0.25) is 9.59 Å². The summed E-state index contributed by atoms with van der Waals surface area (Å²) in [6, 6.07) is 16.2. The predicted molar refractivity (Wildman–Crippen MR) is 95.3 cm³/mol. The molecule has 0 aliphatic carbocycles. The van der Waals surface area contributed by atoms with Crippen molar-refractivity contribution in [3.63, 3.8) is 0 Å². The number of halogens is 1. The van der Waals surface area contributed by atoms with Gasteiger partial charge in [0.2, 0.25) is 11.8 Å². The van der Waals surface area contributed by atoms with E-state index in [1.165, 1.54) is 17.9 Å². The summed E-state index contributed by atoms with van der Waals surface area (Å²) in [5.41, 5.74) is 1.58. The van der Waals surface area contributed by atoms with Crippen LogP contribution in [0.3, 0.4) is 0 Å². The van der Waals surface area contributed by atoms with Crippen molar-refractivity contribution in [1.29, 1.82) is 0 Å². The molecule has 0 heterocycles. The highest BCUT2D eigenvalue weighted by atomic mass is 19.1. The number of nitrogens with one attached hydrogen (secondary N) is 1. The molecule has 0 unspecified atom stereocenters. The maximum absolute atomic E-state index is 13.7. The molecule has 0 radical (unpaired) electrons. The van der Waals surface area contributed by atoms with Crippen LogP contribution in [-0.4, -0.2) is 29.8 Å². The summed E-state index contributed by atoms with van der Waals surface area (Å²) in [7, 11) is 0. The molecular weight excluding hydrogens is 319 g/mol. The summed E-state index contributed by atoms with van der Waals surface area (Å²) in [5.74, 6) is -0.541. The van der Waals surface area contributed by atoms with Gasteiger partial charge in [-0.05, 0) is 18.1 Å². The van der Waals surface area contributed by atoms with Crippen molar-refractivity contribution in [3.8, 4) is 0 Å². The molecule has 0 fully saturated rings. The Hall–Kier alpha value is -2.69. The van der Waals surface area contributed by atoms with E-state index in [-0.39, 0.29) is 24.2 Å². The number of carbonyl (C=O) groups is 2. The molecule has 0 aliphatic rings. The van der Waals surface area contributed by atoms with Gasteiger partial charge in [-0.25, -0.2) is 4.39 Å². The van der Waals surface area contributed by atoms with E-state index >= 15 is 0 Å². The van der Waals surface area contributed by atoms with Crippen molar-refractivity contribution >= 4 is 11.8 Å². The van der Waals surface area contributed by atoms with Crippen LogP contribution in [0.5, 0.6) is 0 Å². The Labute approximate surface area is 147 Å². The Morgan fingerprint density at radius 3 is 2.40 bits per heavy atom. The first-order chi connectivity index (χ1) is 12.1. The van der Waals surface area contributed by atoms with E-state index in [2.05, 4.69) is 5.32 Å². The van der Waals surface area contributed by atoms with Crippen LogP contribution in [-0.2, 0) is 22.6 Å². The lowest BCUT2D eigenvalue weighted by atomic mass is 10.1. The lowest BCUT2D eigenvalue weighted by Crippen LogP contribution is -2.37. The number of aryl methyl sites for hydroxylation is 1. The molecule has 2 rings (SSSR count). The van der Waals surface area contributed by atoms with Gasteiger partial charge in [0.25, 0.3) is 0 Å². The third-order valence-corrected chi connectivity index (χ3v) is 3.95. The van der Waals surface area contributed by atoms with Gasteiger partial charge in [-0.1, -0.05) is 48.5 Å². The van der Waals surface area contributed by atoms with Crippen LogP contribution in [0.1, 0.15) is 24.5 Å². The lowest BCUT2D eigenvalue weighted by Gasteiger charge is -2.21. The van der Waals surface area contributed by atoms with E-state index in [0.717, 1.165) is 5.56 Å². The van der Waals surface area contributed by atoms with Crippen LogP contribution < -0.4 is 5.32 Å². The highest BCUT2D eigenvalue weighted by Crippen LogP contribution is 2.10. The van der Waals surface area contributed by atoms with E-state index in [1.807, 2.05) is 30.3 Å². The monoisotopic (exact) mass is 342 g/mol. The Morgan fingerprint density at radius 1 is 1.04 bits per heavy atom. The quantitative estimate of drug-likeness (QED) is 0.802. The minimum absolute atomic E-state index is 0.0572. The average Bonchev–Trinajstić information content (AvgIpc) is 2.61. The van der Waals surface area contributed by atoms with Gasteiger partial charge in [0.1, 0.15) is 5.82 Å². The van der Waals surface area contributed by atoms with Crippen molar-refractivity contribution < 1.29 is 14.0 Å². The van der Waals surface area contributed by atoms with Crippen molar-refractivity contribution in [3.05, 3.63) is 71.5 Å². The minimum Gasteiger partial charge on any atom is -0.354 e. The second kappa shape index (κ2) is 9.57. The first-order valence-electron chi connectivity index (χ1n) is 8.36. The van der Waals surface area contributed by atoms with Gasteiger partial charge >= 0.3 is 0 Å². The Bertz CT molecular complexity index is 704. The average molecular weight is 342 g/mol. The number of rotatable bonds is 8. The molecule has 1 N–H and O–H groups in total. The first kappa shape index (κ1) is 18.6. The third kappa shape index (κ3) is 6.37. The number of hydrogen-bond acceptors (Lipinski definition) is 2. The number of benzene rings is 2. The highest BCUT2D eigenvalue weighted by molar-refractivity contribution is 5.76. The normalized spacial score (nSPS) is 10.3. The molecule has 0 aliphatic heterocycles. The van der Waals surface area contributed by atoms with E-state index < -0.39 is 0 Å². The summed E-state index contributed by atoms with van der Waals surface area (Å²) in [6.45, 7) is 2.34. The zero-order chi connectivity index (χ0) is 18.1. The van der Waals surface area contributed by atoms with E-state index in [1.54, 1.807) is 18.2 Å². The van der Waals surface area contributed by atoms with Gasteiger partial charge in [-0.2, -0.15) is 0 Å². The first-order valence-corrected chi connectivity index (χ1v) is 8.36. The third-order valence-electron chi connectivity index (χ3n) is 3.95. The Balaban J connectivity index is 1.76. The molecule has 0 saturated heterocycles. The molecule has 25 heavy (non-hydrogen) atoms. The molecule has 0 atom stereocenters. The number of carbonyl (C=O) groups excluding carboxylic acids is 2. The molecule has 0 saturated carbocycles. The van der Waals surface area contributed by atoms with Crippen molar-refractivity contribution in [1.82, 2.24) is 10.2 Å². The molecule has 5 heteroatoms. The summed E-state index contributed by atoms with van der Waals surface area (Å²) in [6.07, 6.45) is 1.08. The molecule has 132 valence electrons. The smallest absolute Gasteiger partial charge is 0.220 e. The second-order valence-corrected chi connectivity index (χ2v) is 5.87. The van der Waals surface area contributed by atoms with Gasteiger partial charge in [0.05, 0.1) is 0 Å². The lowest BCUT2D eigenvalue weighted by molar-refractivity contribution is -0.130. The van der Waals surface area contributed by atoms with E-state index in [9.17, 15) is 14.0 Å². The van der Waals surface area contributed by atoms with Crippen LogP contribution in [0.25, 0.3) is 0 Å². The topological polar surface area (TPSA) is 49.4 Å². The van der Waals surface area contributed by atoms with Gasteiger partial charge in [0.15, 0.2) is 0 Å². The van der Waals surface area contributed by atoms with Gasteiger partial charge in [0, 0.05) is 38.5 Å². The molecule has 0 aromatic heterocycles. The Morgan fingerprint density at radius 2 is 1.72 bits per heavy atom. The van der Waals surface area contributed by atoms with Crippen molar-refractivity contribution in [2.75, 3.05) is 13.1 Å². The fourth-order valence-corrected chi connectivity index (χ4v) is 2.50. The fourth-order valence-electron chi connectivity index (χ4n) is 2.50. The second-order valence-electron chi connectivity index (χ2n) is 5.87. The molecule has 2 aromatic carbocycles. The van der Waals surface area contributed by atoms with Gasteiger partial charge in [-0.15, -0.1) is 0 Å². The zero-order valence-electron chi connectivity index (χ0n) is 14.4. The van der Waals surface area contributed by atoms with Crippen LogP contribution in [0.2, 0.25) is 0 Å². The van der Waals surface area contributed by atoms with E-state index in [4.69, 9.17) is 0 Å². The fraction of sp³-hybridized carbons (Fsp3) is 0.300. The van der Waals surface area contributed by atoms with Crippen LogP contribution >= 0.6 is 0 Å².